The summed E-state index contributed by atoms with van der Waals surface area (Å²) in [5.41, 5.74) is -0.00732. The summed E-state index contributed by atoms with van der Waals surface area (Å²) in [7, 11) is 1.47. The molecule has 0 aromatic carbocycles. The second kappa shape index (κ2) is 5.62. The molecule has 3 rings (SSSR count). The molecule has 0 unspecified atom stereocenters. The summed E-state index contributed by atoms with van der Waals surface area (Å²) in [5, 5.41) is 7.72. The van der Waals surface area contributed by atoms with Crippen molar-refractivity contribution in [3.63, 3.8) is 0 Å². The molecule has 10 heteroatoms. The fourth-order valence-electron chi connectivity index (χ4n) is 2.30. The summed E-state index contributed by atoms with van der Waals surface area (Å²) in [6.07, 6.45) is -2.09. The lowest BCUT2D eigenvalue weighted by Crippen LogP contribution is -2.26. The Morgan fingerprint density at radius 3 is 2.75 bits per heavy atom. The monoisotopic (exact) mass is 339 g/mol. The first-order chi connectivity index (χ1) is 11.3. The van der Waals surface area contributed by atoms with Gasteiger partial charge in [0, 0.05) is 31.2 Å². The second-order valence-electron chi connectivity index (χ2n) is 5.12. The third-order valence-electron chi connectivity index (χ3n) is 3.32. The van der Waals surface area contributed by atoms with Crippen molar-refractivity contribution in [2.24, 2.45) is 7.05 Å². The number of esters is 1. The fraction of sp³-hybridized carbons (Fsp3) is 0.286. The van der Waals surface area contributed by atoms with Crippen LogP contribution in [-0.4, -0.2) is 36.5 Å². The normalized spacial score (nSPS) is 13.2. The molecular weight excluding hydrogens is 327 g/mol. The minimum Gasteiger partial charge on any atom is -0.444 e. The summed E-state index contributed by atoms with van der Waals surface area (Å²) in [6.45, 7) is 1.50. The van der Waals surface area contributed by atoms with Gasteiger partial charge >= 0.3 is 12.1 Å². The van der Waals surface area contributed by atoms with Crippen LogP contribution in [0.15, 0.2) is 30.9 Å². The van der Waals surface area contributed by atoms with Crippen LogP contribution in [0.1, 0.15) is 27.7 Å². The molecule has 3 heterocycles. The van der Waals surface area contributed by atoms with E-state index in [1.54, 1.807) is 6.07 Å². The molecule has 0 spiro atoms. The van der Waals surface area contributed by atoms with Gasteiger partial charge in [-0.15, -0.1) is 0 Å². The molecule has 0 saturated heterocycles. The Hall–Kier alpha value is -2.91. The predicted molar refractivity (Wildman–Crippen MR) is 75.1 cm³/mol. The van der Waals surface area contributed by atoms with E-state index in [4.69, 9.17) is 4.74 Å². The van der Waals surface area contributed by atoms with Gasteiger partial charge in [0.15, 0.2) is 5.65 Å². The first-order valence-corrected chi connectivity index (χ1v) is 6.83. The molecule has 0 aliphatic rings. The summed E-state index contributed by atoms with van der Waals surface area (Å²) in [4.78, 5) is 16.3. The van der Waals surface area contributed by atoms with E-state index in [0.29, 0.717) is 0 Å². The Labute approximate surface area is 133 Å². The smallest absolute Gasteiger partial charge is 0.429 e. The van der Waals surface area contributed by atoms with E-state index in [0.717, 1.165) is 12.4 Å². The number of fused-ring (bicyclic) bond motifs is 1. The fourth-order valence-corrected chi connectivity index (χ4v) is 2.30. The van der Waals surface area contributed by atoms with Gasteiger partial charge in [-0.1, -0.05) is 0 Å². The average Bonchev–Trinajstić information content (AvgIpc) is 3.05. The highest BCUT2D eigenvalue weighted by Gasteiger charge is 2.45. The standard InChI is InChI=1S/C14H12F3N5O2/c1-8-10(12-18-4-3-5-22(12)20-8)13(23)24-11(14(15,16)17)9-6-19-21(2)7-9/h3-7,11H,1-2H3/t11-/m1/s1. The van der Waals surface area contributed by atoms with Gasteiger partial charge in [0.2, 0.25) is 6.10 Å². The molecular formula is C14H12F3N5O2. The number of aryl methyl sites for hydroxylation is 2. The molecule has 0 aliphatic carbocycles. The number of rotatable bonds is 3. The molecule has 0 aliphatic heterocycles. The highest BCUT2D eigenvalue weighted by atomic mass is 19.4. The highest BCUT2D eigenvalue weighted by molar-refractivity contribution is 5.97. The molecule has 0 saturated carbocycles. The van der Waals surface area contributed by atoms with Crippen LogP contribution in [0, 0.1) is 6.92 Å². The van der Waals surface area contributed by atoms with E-state index >= 15 is 0 Å². The van der Waals surface area contributed by atoms with Gasteiger partial charge in [-0.3, -0.25) is 4.68 Å². The molecule has 0 fully saturated rings. The number of carbonyl (C=O) groups excluding carboxylic acids is 1. The van der Waals surface area contributed by atoms with Crippen molar-refractivity contribution in [2.45, 2.75) is 19.2 Å². The van der Waals surface area contributed by atoms with Crippen LogP contribution in [0.25, 0.3) is 5.65 Å². The Morgan fingerprint density at radius 1 is 1.38 bits per heavy atom. The van der Waals surface area contributed by atoms with E-state index in [1.165, 1.54) is 35.6 Å². The molecule has 24 heavy (non-hydrogen) atoms. The van der Waals surface area contributed by atoms with Gasteiger partial charge in [-0.25, -0.2) is 14.3 Å². The molecule has 0 amide bonds. The number of hydrogen-bond donors (Lipinski definition) is 0. The zero-order chi connectivity index (χ0) is 17.5. The zero-order valence-electron chi connectivity index (χ0n) is 12.7. The second-order valence-corrected chi connectivity index (χ2v) is 5.12. The number of nitrogens with zero attached hydrogens (tertiary/aromatic N) is 5. The Kier molecular flexibility index (Phi) is 3.74. The van der Waals surface area contributed by atoms with Crippen molar-refractivity contribution in [3.8, 4) is 0 Å². The molecule has 3 aromatic heterocycles. The Bertz CT molecular complexity index is 899. The van der Waals surface area contributed by atoms with Crippen LogP contribution >= 0.6 is 0 Å². The highest BCUT2D eigenvalue weighted by Crippen LogP contribution is 2.36. The number of ether oxygens (including phenoxy) is 1. The van der Waals surface area contributed by atoms with Crippen molar-refractivity contribution < 1.29 is 22.7 Å². The lowest BCUT2D eigenvalue weighted by atomic mass is 10.2. The van der Waals surface area contributed by atoms with Crippen molar-refractivity contribution >= 4 is 11.6 Å². The van der Waals surface area contributed by atoms with Crippen molar-refractivity contribution in [1.82, 2.24) is 24.4 Å². The molecule has 126 valence electrons. The molecule has 7 nitrogen and oxygen atoms in total. The van der Waals surface area contributed by atoms with Gasteiger partial charge in [-0.05, 0) is 13.0 Å². The van der Waals surface area contributed by atoms with Crippen LogP contribution < -0.4 is 0 Å². The maximum absolute atomic E-state index is 13.3. The van der Waals surface area contributed by atoms with Crippen LogP contribution in [0.2, 0.25) is 0 Å². The maximum atomic E-state index is 13.3. The third kappa shape index (κ3) is 2.82. The van der Waals surface area contributed by atoms with Crippen molar-refractivity contribution in [3.05, 3.63) is 47.7 Å². The molecule has 0 bridgehead atoms. The summed E-state index contributed by atoms with van der Waals surface area (Å²) in [6, 6.07) is 1.59. The van der Waals surface area contributed by atoms with Crippen molar-refractivity contribution in [2.75, 3.05) is 0 Å². The molecule has 0 N–H and O–H groups in total. The number of alkyl halides is 3. The first kappa shape index (κ1) is 16.0. The van der Waals surface area contributed by atoms with E-state index in [2.05, 4.69) is 15.2 Å². The minimum absolute atomic E-state index is 0.103. The van der Waals surface area contributed by atoms with Gasteiger partial charge < -0.3 is 4.74 Å². The van der Waals surface area contributed by atoms with Gasteiger partial charge in [0.25, 0.3) is 0 Å². The topological polar surface area (TPSA) is 74.3 Å². The first-order valence-electron chi connectivity index (χ1n) is 6.83. The molecule has 1 atom stereocenters. The van der Waals surface area contributed by atoms with E-state index < -0.39 is 18.2 Å². The third-order valence-corrected chi connectivity index (χ3v) is 3.32. The quantitative estimate of drug-likeness (QED) is 0.684. The van der Waals surface area contributed by atoms with Crippen molar-refractivity contribution in [1.29, 1.82) is 0 Å². The van der Waals surface area contributed by atoms with Crippen LogP contribution in [-0.2, 0) is 11.8 Å². The Balaban J connectivity index is 1.98. The van der Waals surface area contributed by atoms with Crippen LogP contribution in [0.5, 0.6) is 0 Å². The van der Waals surface area contributed by atoms with Crippen LogP contribution in [0.3, 0.4) is 0 Å². The van der Waals surface area contributed by atoms with Crippen LogP contribution in [0.4, 0.5) is 13.2 Å². The van der Waals surface area contributed by atoms with Gasteiger partial charge in [-0.2, -0.15) is 23.4 Å². The van der Waals surface area contributed by atoms with E-state index in [1.807, 2.05) is 0 Å². The van der Waals surface area contributed by atoms with Gasteiger partial charge in [0.1, 0.15) is 5.56 Å². The largest absolute Gasteiger partial charge is 0.444 e. The number of hydrogen-bond acceptors (Lipinski definition) is 5. The number of halogens is 3. The number of aromatic nitrogens is 5. The predicted octanol–water partition coefficient (Wildman–Crippen LogP) is 2.23. The maximum Gasteiger partial charge on any atom is 0.429 e. The summed E-state index contributed by atoms with van der Waals surface area (Å²) in [5.74, 6) is -1.15. The molecule has 3 aromatic rings. The Morgan fingerprint density at radius 2 is 2.12 bits per heavy atom. The lowest BCUT2D eigenvalue weighted by molar-refractivity contribution is -0.207. The zero-order valence-corrected chi connectivity index (χ0v) is 12.7. The van der Waals surface area contributed by atoms with E-state index in [9.17, 15) is 18.0 Å². The summed E-state index contributed by atoms with van der Waals surface area (Å²) < 4.78 is 47.1. The lowest BCUT2D eigenvalue weighted by Gasteiger charge is -2.19. The average molecular weight is 339 g/mol. The minimum atomic E-state index is -4.77. The van der Waals surface area contributed by atoms with Gasteiger partial charge in [0.05, 0.1) is 11.9 Å². The number of carbonyl (C=O) groups is 1. The SMILES string of the molecule is Cc1nn2cccnc2c1C(=O)O[C@H](c1cnn(C)c1)C(F)(F)F. The summed E-state index contributed by atoms with van der Waals surface area (Å²) >= 11 is 0. The molecule has 0 radical (unpaired) electrons. The van der Waals surface area contributed by atoms with E-state index in [-0.39, 0.29) is 22.5 Å².